The van der Waals surface area contributed by atoms with Crippen LogP contribution >= 0.6 is 0 Å². The summed E-state index contributed by atoms with van der Waals surface area (Å²) in [6.07, 6.45) is 1.82. The highest BCUT2D eigenvalue weighted by molar-refractivity contribution is 5.97. The Morgan fingerprint density at radius 1 is 1.17 bits per heavy atom. The summed E-state index contributed by atoms with van der Waals surface area (Å²) in [5, 5.41) is 10.9. The minimum absolute atomic E-state index is 0.508. The number of benzene rings is 1. The number of hydrogen-bond acceptors (Lipinski definition) is 5. The molecule has 0 saturated heterocycles. The Morgan fingerprint density at radius 3 is 2.67 bits per heavy atom. The Labute approximate surface area is 143 Å². The molecule has 2 aromatic rings. The molecule has 5 N–H and O–H groups in total. The number of amidine groups is 1. The van der Waals surface area contributed by atoms with Gasteiger partial charge in [0, 0.05) is 49.3 Å². The van der Waals surface area contributed by atoms with E-state index in [1.54, 1.807) is 0 Å². The van der Waals surface area contributed by atoms with E-state index in [1.165, 1.54) is 5.56 Å². The number of rotatable bonds is 9. The van der Waals surface area contributed by atoms with Crippen molar-refractivity contribution in [2.45, 2.75) is 20.4 Å². The lowest BCUT2D eigenvalue weighted by Crippen LogP contribution is -2.22. The molecule has 0 spiro atoms. The third-order valence-corrected chi connectivity index (χ3v) is 3.46. The first-order valence-electron chi connectivity index (χ1n) is 8.21. The maximum absolute atomic E-state index is 5.90. The molecule has 0 aliphatic rings. The van der Waals surface area contributed by atoms with Gasteiger partial charge in [0.25, 0.3) is 0 Å². The van der Waals surface area contributed by atoms with Crippen molar-refractivity contribution in [1.29, 1.82) is 0 Å². The molecule has 6 heteroatoms. The van der Waals surface area contributed by atoms with Crippen LogP contribution in [0.2, 0.25) is 0 Å². The third kappa shape index (κ3) is 5.89. The van der Waals surface area contributed by atoms with Crippen LogP contribution in [0, 0.1) is 6.92 Å². The van der Waals surface area contributed by atoms with E-state index in [1.807, 2.05) is 44.3 Å². The van der Waals surface area contributed by atoms with Gasteiger partial charge in [-0.15, -0.1) is 0 Å². The van der Waals surface area contributed by atoms with Crippen LogP contribution in [-0.4, -0.2) is 30.5 Å². The van der Waals surface area contributed by atoms with E-state index < -0.39 is 0 Å². The van der Waals surface area contributed by atoms with Gasteiger partial charge >= 0.3 is 0 Å². The summed E-state index contributed by atoms with van der Waals surface area (Å²) in [5.41, 5.74) is 13.0. The normalized spacial score (nSPS) is 11.3. The van der Waals surface area contributed by atoms with E-state index in [9.17, 15) is 0 Å². The molecule has 0 aliphatic heterocycles. The van der Waals surface area contributed by atoms with Gasteiger partial charge < -0.3 is 21.8 Å². The molecule has 0 radical (unpaired) electrons. The first kappa shape index (κ1) is 17.7. The summed E-state index contributed by atoms with van der Waals surface area (Å²) < 4.78 is 0. The molecule has 0 amide bonds. The minimum atomic E-state index is 0.508. The van der Waals surface area contributed by atoms with E-state index in [2.05, 4.69) is 38.3 Å². The van der Waals surface area contributed by atoms with Crippen molar-refractivity contribution in [2.75, 3.05) is 25.0 Å². The number of hydrogen-bond donors (Lipinski definition) is 4. The van der Waals surface area contributed by atoms with Gasteiger partial charge in [-0.25, -0.2) is 0 Å². The summed E-state index contributed by atoms with van der Waals surface area (Å²) >= 11 is 0. The zero-order chi connectivity index (χ0) is 17.2. The molecular weight excluding hydrogens is 300 g/mol. The average Bonchev–Trinajstić information content (AvgIpc) is 2.60. The average molecular weight is 326 g/mol. The van der Waals surface area contributed by atoms with E-state index in [-0.39, 0.29) is 0 Å². The monoisotopic (exact) mass is 326 g/mol. The van der Waals surface area contributed by atoms with Gasteiger partial charge in [0.2, 0.25) is 0 Å². The topological polar surface area (TPSA) is 87.4 Å². The van der Waals surface area contributed by atoms with Crippen LogP contribution in [0.1, 0.15) is 23.7 Å². The molecule has 0 aliphatic carbocycles. The highest BCUT2D eigenvalue weighted by Crippen LogP contribution is 2.06. The molecule has 128 valence electrons. The van der Waals surface area contributed by atoms with Crippen molar-refractivity contribution < 1.29 is 0 Å². The molecule has 1 aromatic carbocycles. The minimum Gasteiger partial charge on any atom is -0.384 e. The lowest BCUT2D eigenvalue weighted by Gasteiger charge is -2.09. The third-order valence-electron chi connectivity index (χ3n) is 3.46. The molecule has 0 saturated carbocycles. The zero-order valence-corrected chi connectivity index (χ0v) is 14.3. The molecule has 0 fully saturated rings. The summed E-state index contributed by atoms with van der Waals surface area (Å²) in [6.45, 7) is 7.30. The Balaban J connectivity index is 1.71. The van der Waals surface area contributed by atoms with Crippen LogP contribution in [-0.2, 0) is 6.54 Å². The maximum atomic E-state index is 5.90. The second kappa shape index (κ2) is 9.52. The van der Waals surface area contributed by atoms with Crippen molar-refractivity contribution in [1.82, 2.24) is 15.7 Å². The lowest BCUT2D eigenvalue weighted by atomic mass is 10.1. The van der Waals surface area contributed by atoms with Crippen LogP contribution in [0.5, 0.6) is 0 Å². The van der Waals surface area contributed by atoms with E-state index in [0.29, 0.717) is 5.84 Å². The standard InChI is InChI=1S/C18H26N6/c1-3-23-24-18(19)16-6-4-15(5-7-16)13-20-10-11-22-17-8-9-21-14(2)12-17/h4-9,12,20,23H,3,10-11,13H2,1-2H3,(H2,19,24)(H,21,22). The van der Waals surface area contributed by atoms with Crippen LogP contribution in [0.3, 0.4) is 0 Å². The Hall–Kier alpha value is -2.60. The fraction of sp³-hybridized carbons (Fsp3) is 0.333. The van der Waals surface area contributed by atoms with Gasteiger partial charge in [-0.05, 0) is 31.5 Å². The van der Waals surface area contributed by atoms with Crippen molar-refractivity contribution in [2.24, 2.45) is 10.8 Å². The molecule has 2 rings (SSSR count). The smallest absolute Gasteiger partial charge is 0.150 e. The van der Waals surface area contributed by atoms with E-state index in [4.69, 9.17) is 5.73 Å². The number of anilines is 1. The molecule has 6 nitrogen and oxygen atoms in total. The fourth-order valence-corrected chi connectivity index (χ4v) is 2.21. The van der Waals surface area contributed by atoms with Gasteiger partial charge in [-0.2, -0.15) is 5.10 Å². The second-order valence-electron chi connectivity index (χ2n) is 5.50. The highest BCUT2D eigenvalue weighted by atomic mass is 15.3. The predicted molar refractivity (Wildman–Crippen MR) is 100 cm³/mol. The molecule has 1 aromatic heterocycles. The van der Waals surface area contributed by atoms with Gasteiger partial charge in [0.1, 0.15) is 0 Å². The summed E-state index contributed by atoms with van der Waals surface area (Å²) in [5.74, 6) is 0.508. The largest absolute Gasteiger partial charge is 0.384 e. The van der Waals surface area contributed by atoms with E-state index in [0.717, 1.165) is 43.1 Å². The first-order chi connectivity index (χ1) is 11.7. The SMILES string of the molecule is CCN/N=C(\N)c1ccc(CNCCNc2ccnc(C)c2)cc1. The Bertz CT molecular complexity index is 651. The van der Waals surface area contributed by atoms with Crippen molar-refractivity contribution in [3.8, 4) is 0 Å². The molecule has 0 bridgehead atoms. The summed E-state index contributed by atoms with van der Waals surface area (Å²) in [6, 6.07) is 12.1. The summed E-state index contributed by atoms with van der Waals surface area (Å²) in [7, 11) is 0. The number of nitrogens with two attached hydrogens (primary N) is 1. The van der Waals surface area contributed by atoms with Crippen LogP contribution in [0.15, 0.2) is 47.7 Å². The first-order valence-corrected chi connectivity index (χ1v) is 8.21. The number of pyridine rings is 1. The van der Waals surface area contributed by atoms with E-state index >= 15 is 0 Å². The van der Waals surface area contributed by atoms with Crippen LogP contribution in [0.25, 0.3) is 0 Å². The van der Waals surface area contributed by atoms with Gasteiger partial charge in [0.15, 0.2) is 5.84 Å². The van der Waals surface area contributed by atoms with Gasteiger partial charge in [0.05, 0.1) is 0 Å². The molecule has 1 heterocycles. The number of hydrazone groups is 1. The highest BCUT2D eigenvalue weighted by Gasteiger charge is 1.99. The maximum Gasteiger partial charge on any atom is 0.150 e. The van der Waals surface area contributed by atoms with Crippen LogP contribution in [0.4, 0.5) is 5.69 Å². The van der Waals surface area contributed by atoms with Crippen LogP contribution < -0.4 is 21.8 Å². The summed E-state index contributed by atoms with van der Waals surface area (Å²) in [4.78, 5) is 4.18. The van der Waals surface area contributed by atoms with Crippen molar-refractivity contribution >= 4 is 11.5 Å². The molecular formula is C18H26N6. The lowest BCUT2D eigenvalue weighted by molar-refractivity contribution is 0.707. The van der Waals surface area contributed by atoms with Gasteiger partial charge in [-0.3, -0.25) is 4.98 Å². The molecule has 0 unspecified atom stereocenters. The second-order valence-corrected chi connectivity index (χ2v) is 5.50. The molecule has 24 heavy (non-hydrogen) atoms. The number of nitrogens with one attached hydrogen (secondary N) is 3. The molecule has 0 atom stereocenters. The Kier molecular flexibility index (Phi) is 7.04. The fourth-order valence-electron chi connectivity index (χ4n) is 2.21. The number of aromatic nitrogens is 1. The Morgan fingerprint density at radius 2 is 1.96 bits per heavy atom. The zero-order valence-electron chi connectivity index (χ0n) is 14.3. The van der Waals surface area contributed by atoms with Gasteiger partial charge in [-0.1, -0.05) is 24.3 Å². The number of aryl methyl sites for hydroxylation is 1. The van der Waals surface area contributed by atoms with Crippen molar-refractivity contribution in [3.63, 3.8) is 0 Å². The predicted octanol–water partition coefficient (Wildman–Crippen LogP) is 1.82. The van der Waals surface area contributed by atoms with Crippen molar-refractivity contribution in [3.05, 3.63) is 59.4 Å². The quantitative estimate of drug-likeness (QED) is 0.244. The number of nitrogens with zero attached hydrogens (tertiary/aromatic N) is 2.